The van der Waals surface area contributed by atoms with E-state index in [-0.39, 0.29) is 0 Å². The Kier molecular flexibility index (Phi) is 5.16. The molecule has 1 N–H and O–H groups in total. The number of hydrogen-bond acceptors (Lipinski definition) is 4. The van der Waals surface area contributed by atoms with Crippen LogP contribution in [0.2, 0.25) is 0 Å². The average molecular weight is 308 g/mol. The lowest BCUT2D eigenvalue weighted by atomic mass is 9.77. The highest BCUT2D eigenvalue weighted by molar-refractivity contribution is 5.78. The first-order chi connectivity index (χ1) is 10.5. The molecule has 1 aromatic rings. The molecule has 0 unspecified atom stereocenters. The van der Waals surface area contributed by atoms with E-state index in [1.165, 1.54) is 0 Å². The molecule has 1 aliphatic carbocycles. The Balaban J connectivity index is 2.23. The maximum Gasteiger partial charge on any atom is 0.348 e. The van der Waals surface area contributed by atoms with Crippen molar-refractivity contribution in [3.05, 3.63) is 18.2 Å². The highest BCUT2D eigenvalue weighted by Crippen LogP contribution is 2.39. The molecular formula is C17H24O5. The number of aliphatic carboxylic acids is 1. The van der Waals surface area contributed by atoms with E-state index >= 15 is 0 Å². The molecule has 1 aliphatic rings. The van der Waals surface area contributed by atoms with Crippen LogP contribution < -0.4 is 14.2 Å². The van der Waals surface area contributed by atoms with Crippen LogP contribution in [0.4, 0.5) is 0 Å². The van der Waals surface area contributed by atoms with Gasteiger partial charge in [0, 0.05) is 18.2 Å². The molecule has 2 rings (SSSR count). The summed E-state index contributed by atoms with van der Waals surface area (Å²) >= 11 is 0. The van der Waals surface area contributed by atoms with Crippen LogP contribution in [-0.2, 0) is 4.79 Å². The largest absolute Gasteiger partial charge is 0.496 e. The van der Waals surface area contributed by atoms with Crippen molar-refractivity contribution in [2.45, 2.75) is 44.6 Å². The number of ether oxygens (including phenoxy) is 3. The third-order valence-electron chi connectivity index (χ3n) is 4.52. The van der Waals surface area contributed by atoms with Gasteiger partial charge in [0.15, 0.2) is 0 Å². The normalized spacial score (nSPS) is 24.6. The second-order valence-electron chi connectivity index (χ2n) is 5.80. The molecule has 0 saturated heterocycles. The molecule has 0 radical (unpaired) electrons. The molecule has 5 nitrogen and oxygen atoms in total. The average Bonchev–Trinajstić information content (AvgIpc) is 2.54. The van der Waals surface area contributed by atoms with Gasteiger partial charge in [0.1, 0.15) is 17.2 Å². The van der Waals surface area contributed by atoms with Crippen LogP contribution in [0.3, 0.4) is 0 Å². The molecule has 1 fully saturated rings. The van der Waals surface area contributed by atoms with Crippen molar-refractivity contribution in [2.24, 2.45) is 5.92 Å². The van der Waals surface area contributed by atoms with Crippen LogP contribution in [-0.4, -0.2) is 30.9 Å². The van der Waals surface area contributed by atoms with Gasteiger partial charge in [-0.2, -0.15) is 0 Å². The van der Waals surface area contributed by atoms with Gasteiger partial charge in [0.05, 0.1) is 14.2 Å². The SMILES string of the molecule is CCC1CCC(Oc2cc(OC)cc(OC)c2)(C(=O)O)CC1. The zero-order valence-electron chi connectivity index (χ0n) is 13.4. The van der Waals surface area contributed by atoms with Crippen LogP contribution in [0, 0.1) is 5.92 Å². The molecule has 0 aliphatic heterocycles. The fraction of sp³-hybridized carbons (Fsp3) is 0.588. The molecule has 5 heteroatoms. The first kappa shape index (κ1) is 16.5. The Morgan fingerprint density at radius 1 is 1.14 bits per heavy atom. The predicted molar refractivity (Wildman–Crippen MR) is 82.8 cm³/mol. The van der Waals surface area contributed by atoms with Gasteiger partial charge in [-0.15, -0.1) is 0 Å². The van der Waals surface area contributed by atoms with Crippen molar-refractivity contribution < 1.29 is 24.1 Å². The van der Waals surface area contributed by atoms with Crippen molar-refractivity contribution in [1.29, 1.82) is 0 Å². The highest BCUT2D eigenvalue weighted by atomic mass is 16.5. The van der Waals surface area contributed by atoms with Gasteiger partial charge in [0.25, 0.3) is 0 Å². The molecule has 0 atom stereocenters. The van der Waals surface area contributed by atoms with Crippen LogP contribution in [0.1, 0.15) is 39.0 Å². The topological polar surface area (TPSA) is 65.0 Å². The molecule has 0 amide bonds. The first-order valence-corrected chi connectivity index (χ1v) is 7.68. The number of hydrogen-bond donors (Lipinski definition) is 1. The van der Waals surface area contributed by atoms with E-state index in [4.69, 9.17) is 14.2 Å². The van der Waals surface area contributed by atoms with E-state index in [2.05, 4.69) is 6.92 Å². The van der Waals surface area contributed by atoms with Crippen LogP contribution in [0.25, 0.3) is 0 Å². The maximum atomic E-state index is 11.8. The minimum atomic E-state index is -1.15. The minimum Gasteiger partial charge on any atom is -0.496 e. The van der Waals surface area contributed by atoms with Crippen LogP contribution in [0.5, 0.6) is 17.2 Å². The van der Waals surface area contributed by atoms with Gasteiger partial charge < -0.3 is 19.3 Å². The summed E-state index contributed by atoms with van der Waals surface area (Å²) in [4.78, 5) is 11.8. The maximum absolute atomic E-state index is 11.8. The Morgan fingerprint density at radius 3 is 2.05 bits per heavy atom. The Labute approximate surface area is 131 Å². The lowest BCUT2D eigenvalue weighted by Crippen LogP contribution is -2.47. The number of carboxylic acids is 1. The van der Waals surface area contributed by atoms with E-state index in [0.717, 1.165) is 19.3 Å². The summed E-state index contributed by atoms with van der Waals surface area (Å²) in [7, 11) is 3.11. The van der Waals surface area contributed by atoms with E-state index in [1.54, 1.807) is 32.4 Å². The summed E-state index contributed by atoms with van der Waals surface area (Å²) in [5.74, 6) is 1.32. The Morgan fingerprint density at radius 2 is 1.64 bits per heavy atom. The van der Waals surface area contributed by atoms with Crippen LogP contribution >= 0.6 is 0 Å². The Hall–Kier alpha value is -1.91. The standard InChI is InChI=1S/C17H24O5/c1-4-12-5-7-17(8-6-12,16(18)19)22-15-10-13(20-2)9-14(11-15)21-3/h9-12H,4-8H2,1-3H3,(H,18,19). The molecular weight excluding hydrogens is 284 g/mol. The number of methoxy groups -OCH3 is 2. The minimum absolute atomic E-state index is 0.466. The quantitative estimate of drug-likeness (QED) is 0.871. The number of benzene rings is 1. The van der Waals surface area contributed by atoms with E-state index in [1.807, 2.05) is 0 Å². The molecule has 0 bridgehead atoms. The van der Waals surface area contributed by atoms with Crippen molar-refractivity contribution in [3.63, 3.8) is 0 Å². The van der Waals surface area contributed by atoms with Gasteiger partial charge in [-0.3, -0.25) is 0 Å². The third kappa shape index (κ3) is 3.46. The zero-order valence-corrected chi connectivity index (χ0v) is 13.4. The smallest absolute Gasteiger partial charge is 0.348 e. The lowest BCUT2D eigenvalue weighted by molar-refractivity contribution is -0.159. The third-order valence-corrected chi connectivity index (χ3v) is 4.52. The monoisotopic (exact) mass is 308 g/mol. The van der Waals surface area contributed by atoms with Crippen molar-refractivity contribution >= 4 is 5.97 Å². The molecule has 22 heavy (non-hydrogen) atoms. The van der Waals surface area contributed by atoms with E-state index in [0.29, 0.717) is 36.0 Å². The van der Waals surface area contributed by atoms with Gasteiger partial charge in [-0.05, 0) is 31.6 Å². The predicted octanol–water partition coefficient (Wildman–Crippen LogP) is 3.51. The fourth-order valence-electron chi connectivity index (χ4n) is 2.98. The van der Waals surface area contributed by atoms with E-state index < -0.39 is 11.6 Å². The number of carbonyl (C=O) groups is 1. The summed E-state index contributed by atoms with van der Waals surface area (Å²) in [6.45, 7) is 2.15. The zero-order chi connectivity index (χ0) is 16.2. The van der Waals surface area contributed by atoms with Crippen LogP contribution in [0.15, 0.2) is 18.2 Å². The number of carboxylic acid groups (broad SMARTS) is 1. The second-order valence-corrected chi connectivity index (χ2v) is 5.80. The molecule has 122 valence electrons. The van der Waals surface area contributed by atoms with Gasteiger partial charge in [-0.1, -0.05) is 13.3 Å². The van der Waals surface area contributed by atoms with Gasteiger partial charge >= 0.3 is 5.97 Å². The van der Waals surface area contributed by atoms with Crippen molar-refractivity contribution in [3.8, 4) is 17.2 Å². The summed E-state index contributed by atoms with van der Waals surface area (Å²) in [5.41, 5.74) is -1.15. The Bertz CT molecular complexity index is 496. The van der Waals surface area contributed by atoms with E-state index in [9.17, 15) is 9.90 Å². The van der Waals surface area contributed by atoms with Crippen molar-refractivity contribution in [2.75, 3.05) is 14.2 Å². The molecule has 1 saturated carbocycles. The molecule has 1 aromatic carbocycles. The van der Waals surface area contributed by atoms with Crippen molar-refractivity contribution in [1.82, 2.24) is 0 Å². The van der Waals surface area contributed by atoms with Gasteiger partial charge in [0.2, 0.25) is 5.60 Å². The van der Waals surface area contributed by atoms with Gasteiger partial charge in [-0.25, -0.2) is 4.79 Å². The summed E-state index contributed by atoms with van der Waals surface area (Å²) in [6.07, 6.45) is 3.90. The summed E-state index contributed by atoms with van der Waals surface area (Å²) in [6, 6.07) is 5.12. The highest BCUT2D eigenvalue weighted by Gasteiger charge is 2.44. The molecule has 0 aromatic heterocycles. The second kappa shape index (κ2) is 6.90. The lowest BCUT2D eigenvalue weighted by Gasteiger charge is -2.36. The summed E-state index contributed by atoms with van der Waals surface area (Å²) in [5, 5.41) is 9.67. The molecule has 0 spiro atoms. The fourth-order valence-corrected chi connectivity index (χ4v) is 2.98. The first-order valence-electron chi connectivity index (χ1n) is 7.68. The number of rotatable bonds is 6. The molecule has 0 heterocycles. The summed E-state index contributed by atoms with van der Waals surface area (Å²) < 4.78 is 16.3.